The second-order valence-electron chi connectivity index (χ2n) is 4.67. The molecule has 0 radical (unpaired) electrons. The number of aliphatic hydroxyl groups excluding tert-OH is 1. The summed E-state index contributed by atoms with van der Waals surface area (Å²) in [6.07, 6.45) is 3.01. The molecule has 0 saturated heterocycles. The predicted molar refractivity (Wildman–Crippen MR) is 68.2 cm³/mol. The highest BCUT2D eigenvalue weighted by Crippen LogP contribution is 2.44. The van der Waals surface area contributed by atoms with E-state index in [0.29, 0.717) is 0 Å². The quantitative estimate of drug-likeness (QED) is 0.694. The standard InChI is InChI=1S/C12H20N4O/c1-3-9-15-10(13-2)6-11(16-9)14-7-12(8-17)4-5-12/h6,17H,3-5,7-8H2,1-2H3,(H2,13,14,15,16). The van der Waals surface area contributed by atoms with E-state index in [1.165, 1.54) is 0 Å². The lowest BCUT2D eigenvalue weighted by Gasteiger charge is -2.14. The zero-order valence-corrected chi connectivity index (χ0v) is 10.5. The summed E-state index contributed by atoms with van der Waals surface area (Å²) < 4.78 is 0. The number of aryl methyl sites for hydroxylation is 1. The molecule has 1 saturated carbocycles. The van der Waals surface area contributed by atoms with Gasteiger partial charge in [-0.2, -0.15) is 0 Å². The number of anilines is 2. The third-order valence-corrected chi connectivity index (χ3v) is 3.28. The van der Waals surface area contributed by atoms with Gasteiger partial charge < -0.3 is 15.7 Å². The van der Waals surface area contributed by atoms with Gasteiger partial charge in [0.1, 0.15) is 17.5 Å². The molecule has 0 amide bonds. The molecular formula is C12H20N4O. The first-order valence-electron chi connectivity index (χ1n) is 6.12. The van der Waals surface area contributed by atoms with Crippen molar-refractivity contribution < 1.29 is 5.11 Å². The molecule has 0 aliphatic heterocycles. The lowest BCUT2D eigenvalue weighted by atomic mass is 10.1. The van der Waals surface area contributed by atoms with E-state index in [0.717, 1.165) is 43.3 Å². The molecule has 2 rings (SSSR count). The van der Waals surface area contributed by atoms with Crippen molar-refractivity contribution >= 4 is 11.6 Å². The van der Waals surface area contributed by atoms with Crippen LogP contribution >= 0.6 is 0 Å². The van der Waals surface area contributed by atoms with Crippen molar-refractivity contribution in [3.05, 3.63) is 11.9 Å². The molecule has 0 aromatic carbocycles. The molecule has 1 aliphatic rings. The molecule has 1 heterocycles. The summed E-state index contributed by atoms with van der Waals surface area (Å²) in [5.41, 5.74) is 0.0944. The number of nitrogens with one attached hydrogen (secondary N) is 2. The van der Waals surface area contributed by atoms with Crippen LogP contribution in [0.2, 0.25) is 0 Å². The summed E-state index contributed by atoms with van der Waals surface area (Å²) in [5, 5.41) is 15.6. The lowest BCUT2D eigenvalue weighted by molar-refractivity contribution is 0.219. The monoisotopic (exact) mass is 236 g/mol. The summed E-state index contributed by atoms with van der Waals surface area (Å²) in [7, 11) is 1.85. The Labute approximate surface area is 102 Å². The molecular weight excluding hydrogens is 216 g/mol. The van der Waals surface area contributed by atoms with Gasteiger partial charge in [0, 0.05) is 31.5 Å². The van der Waals surface area contributed by atoms with Crippen LogP contribution in [-0.2, 0) is 6.42 Å². The maximum Gasteiger partial charge on any atom is 0.132 e. The summed E-state index contributed by atoms with van der Waals surface area (Å²) >= 11 is 0. The van der Waals surface area contributed by atoms with Gasteiger partial charge in [-0.25, -0.2) is 9.97 Å². The Morgan fingerprint density at radius 2 is 2.06 bits per heavy atom. The second kappa shape index (κ2) is 4.87. The fourth-order valence-electron chi connectivity index (χ4n) is 1.72. The van der Waals surface area contributed by atoms with E-state index in [2.05, 4.69) is 20.6 Å². The van der Waals surface area contributed by atoms with Crippen LogP contribution in [0.1, 0.15) is 25.6 Å². The fraction of sp³-hybridized carbons (Fsp3) is 0.667. The van der Waals surface area contributed by atoms with Gasteiger partial charge in [-0.3, -0.25) is 0 Å². The molecule has 1 aliphatic carbocycles. The van der Waals surface area contributed by atoms with E-state index in [-0.39, 0.29) is 12.0 Å². The van der Waals surface area contributed by atoms with E-state index in [9.17, 15) is 5.11 Å². The van der Waals surface area contributed by atoms with Gasteiger partial charge in [-0.1, -0.05) is 6.92 Å². The van der Waals surface area contributed by atoms with Gasteiger partial charge in [0.15, 0.2) is 0 Å². The van der Waals surface area contributed by atoms with Crippen molar-refractivity contribution in [3.8, 4) is 0 Å². The maximum absolute atomic E-state index is 9.25. The smallest absolute Gasteiger partial charge is 0.132 e. The summed E-state index contributed by atoms with van der Waals surface area (Å²) in [6.45, 7) is 3.08. The first-order valence-corrected chi connectivity index (χ1v) is 6.12. The highest BCUT2D eigenvalue weighted by atomic mass is 16.3. The number of aliphatic hydroxyl groups is 1. The molecule has 3 N–H and O–H groups in total. The molecule has 0 unspecified atom stereocenters. The van der Waals surface area contributed by atoms with Crippen molar-refractivity contribution in [3.63, 3.8) is 0 Å². The topological polar surface area (TPSA) is 70.1 Å². The number of hydrogen-bond donors (Lipinski definition) is 3. The summed E-state index contributed by atoms with van der Waals surface area (Å²) in [6, 6.07) is 1.90. The number of rotatable bonds is 6. The summed E-state index contributed by atoms with van der Waals surface area (Å²) in [5.74, 6) is 2.49. The zero-order valence-electron chi connectivity index (χ0n) is 10.5. The minimum absolute atomic E-state index is 0.0944. The van der Waals surface area contributed by atoms with Gasteiger partial charge in [0.25, 0.3) is 0 Å². The molecule has 1 aromatic rings. The second-order valence-corrected chi connectivity index (χ2v) is 4.67. The van der Waals surface area contributed by atoms with Crippen molar-refractivity contribution in [1.29, 1.82) is 0 Å². The summed E-state index contributed by atoms with van der Waals surface area (Å²) in [4.78, 5) is 8.76. The Morgan fingerprint density at radius 3 is 2.59 bits per heavy atom. The largest absolute Gasteiger partial charge is 0.396 e. The highest BCUT2D eigenvalue weighted by Gasteiger charge is 2.41. The Bertz CT molecular complexity index is 368. The third-order valence-electron chi connectivity index (χ3n) is 3.28. The Kier molecular flexibility index (Phi) is 3.47. The van der Waals surface area contributed by atoms with Crippen LogP contribution in [-0.4, -0.2) is 35.3 Å². The van der Waals surface area contributed by atoms with Crippen molar-refractivity contribution in [1.82, 2.24) is 9.97 Å². The minimum atomic E-state index is 0.0944. The van der Waals surface area contributed by atoms with E-state index in [1.807, 2.05) is 20.0 Å². The average molecular weight is 236 g/mol. The van der Waals surface area contributed by atoms with Crippen molar-refractivity contribution in [2.45, 2.75) is 26.2 Å². The third kappa shape index (κ3) is 2.85. The normalized spacial score (nSPS) is 16.6. The lowest BCUT2D eigenvalue weighted by Crippen LogP contribution is -2.20. The molecule has 1 aromatic heterocycles. The van der Waals surface area contributed by atoms with Crippen LogP contribution in [0.15, 0.2) is 6.07 Å². The van der Waals surface area contributed by atoms with Crippen LogP contribution in [0.25, 0.3) is 0 Å². The van der Waals surface area contributed by atoms with Crippen molar-refractivity contribution in [2.75, 3.05) is 30.8 Å². The van der Waals surface area contributed by atoms with Crippen LogP contribution in [0, 0.1) is 5.41 Å². The fourth-order valence-corrected chi connectivity index (χ4v) is 1.72. The van der Waals surface area contributed by atoms with Crippen LogP contribution < -0.4 is 10.6 Å². The van der Waals surface area contributed by atoms with E-state index < -0.39 is 0 Å². The first-order chi connectivity index (χ1) is 8.21. The van der Waals surface area contributed by atoms with Gasteiger partial charge in [-0.15, -0.1) is 0 Å². The van der Waals surface area contributed by atoms with Crippen LogP contribution in [0.5, 0.6) is 0 Å². The van der Waals surface area contributed by atoms with E-state index >= 15 is 0 Å². The Morgan fingerprint density at radius 1 is 1.35 bits per heavy atom. The zero-order chi connectivity index (χ0) is 12.3. The Balaban J connectivity index is 2.04. The molecule has 0 spiro atoms. The average Bonchev–Trinajstić information content (AvgIpc) is 3.16. The van der Waals surface area contributed by atoms with Gasteiger partial charge >= 0.3 is 0 Å². The van der Waals surface area contributed by atoms with Crippen LogP contribution in [0.4, 0.5) is 11.6 Å². The van der Waals surface area contributed by atoms with Gasteiger partial charge in [0.05, 0.1) is 6.61 Å². The number of hydrogen-bond acceptors (Lipinski definition) is 5. The molecule has 5 nitrogen and oxygen atoms in total. The number of aromatic nitrogens is 2. The van der Waals surface area contributed by atoms with Crippen molar-refractivity contribution in [2.24, 2.45) is 5.41 Å². The SMILES string of the molecule is CCc1nc(NC)cc(NCC2(CO)CC2)n1. The molecule has 94 valence electrons. The van der Waals surface area contributed by atoms with Gasteiger partial charge in [-0.05, 0) is 12.8 Å². The van der Waals surface area contributed by atoms with E-state index in [1.54, 1.807) is 0 Å². The number of nitrogens with zero attached hydrogens (tertiary/aromatic N) is 2. The molecule has 1 fully saturated rings. The van der Waals surface area contributed by atoms with E-state index in [4.69, 9.17) is 0 Å². The highest BCUT2D eigenvalue weighted by molar-refractivity contribution is 5.47. The molecule has 5 heteroatoms. The molecule has 0 atom stereocenters. The van der Waals surface area contributed by atoms with Crippen LogP contribution in [0.3, 0.4) is 0 Å². The molecule has 0 bridgehead atoms. The minimum Gasteiger partial charge on any atom is -0.396 e. The predicted octanol–water partition coefficient (Wildman–Crippen LogP) is 1.27. The maximum atomic E-state index is 9.25. The van der Waals surface area contributed by atoms with Gasteiger partial charge in [0.2, 0.25) is 0 Å². The Hall–Kier alpha value is -1.36. The molecule has 17 heavy (non-hydrogen) atoms. The first kappa shape index (κ1) is 12.1.